The highest BCUT2D eigenvalue weighted by atomic mass is 35.5. The molecule has 4 nitrogen and oxygen atoms in total. The van der Waals surface area contributed by atoms with Crippen molar-refractivity contribution in [2.24, 2.45) is 0 Å². The number of sulfone groups is 1. The predicted octanol–water partition coefficient (Wildman–Crippen LogP) is 3.32. The van der Waals surface area contributed by atoms with Crippen LogP contribution >= 0.6 is 23.4 Å². The van der Waals surface area contributed by atoms with Gasteiger partial charge in [-0.05, 0) is 48.4 Å². The van der Waals surface area contributed by atoms with E-state index in [0.29, 0.717) is 10.5 Å². The van der Waals surface area contributed by atoms with Crippen molar-refractivity contribution in [3.63, 3.8) is 0 Å². The molecule has 0 amide bonds. The Kier molecular flexibility index (Phi) is 4.70. The van der Waals surface area contributed by atoms with E-state index in [1.54, 1.807) is 37.5 Å². The largest absolute Gasteiger partial charge is 0.276 e. The second-order valence-electron chi connectivity index (χ2n) is 4.44. The summed E-state index contributed by atoms with van der Waals surface area (Å²) in [6.45, 7) is 1.72. The Labute approximate surface area is 132 Å². The second kappa shape index (κ2) is 6.17. The first-order valence-electron chi connectivity index (χ1n) is 5.91. The van der Waals surface area contributed by atoms with E-state index in [1.165, 1.54) is 17.8 Å². The molecule has 2 rings (SSSR count). The number of aryl methyl sites for hydroxylation is 1. The summed E-state index contributed by atoms with van der Waals surface area (Å²) in [7, 11) is -3.47. The quantitative estimate of drug-likeness (QED) is 0.798. The number of pyridine rings is 1. The molecule has 0 radical (unpaired) electrons. The fraction of sp³-hybridized carbons (Fsp3) is 0.143. The summed E-state index contributed by atoms with van der Waals surface area (Å²) in [6.07, 6.45) is 4.37. The van der Waals surface area contributed by atoms with Gasteiger partial charge in [0.05, 0.1) is 4.90 Å². The van der Waals surface area contributed by atoms with Crippen LogP contribution in [0.4, 0.5) is 0 Å². The van der Waals surface area contributed by atoms with E-state index in [-0.39, 0.29) is 10.5 Å². The van der Waals surface area contributed by atoms with Gasteiger partial charge in [0.2, 0.25) is 0 Å². The number of nitrogens with zero attached hydrogens (tertiary/aromatic N) is 1. The van der Waals surface area contributed by atoms with E-state index in [0.717, 1.165) is 11.2 Å². The fourth-order valence-electron chi connectivity index (χ4n) is 1.78. The number of hydrogen-bond acceptors (Lipinski definition) is 5. The van der Waals surface area contributed by atoms with Crippen molar-refractivity contribution in [1.29, 1.82) is 0 Å². The fourth-order valence-corrected chi connectivity index (χ4v) is 4.22. The highest BCUT2D eigenvalue weighted by molar-refractivity contribution is 8.00. The van der Waals surface area contributed by atoms with Crippen molar-refractivity contribution >= 4 is 38.4 Å². The van der Waals surface area contributed by atoms with Gasteiger partial charge in [-0.15, -0.1) is 0 Å². The maximum Gasteiger partial charge on any atom is 0.252 e. The Morgan fingerprint density at radius 2 is 1.86 bits per heavy atom. The Balaban J connectivity index is 2.59. The zero-order valence-electron chi connectivity index (χ0n) is 11.3. The molecule has 2 aromatic rings. The lowest BCUT2D eigenvalue weighted by Gasteiger charge is -2.11. The molecule has 0 spiro atoms. The average Bonchev–Trinajstić information content (AvgIpc) is 2.38. The van der Waals surface area contributed by atoms with Crippen molar-refractivity contribution in [2.75, 3.05) is 6.26 Å². The molecule has 0 fully saturated rings. The molecule has 0 unspecified atom stereocenters. The molecule has 0 aliphatic carbocycles. The predicted molar refractivity (Wildman–Crippen MR) is 82.8 cm³/mol. The van der Waals surface area contributed by atoms with Crippen molar-refractivity contribution in [1.82, 2.24) is 4.98 Å². The lowest BCUT2D eigenvalue weighted by Crippen LogP contribution is -2.04. The van der Waals surface area contributed by atoms with Crippen LogP contribution in [0.15, 0.2) is 51.3 Å². The topological polar surface area (TPSA) is 64.1 Å². The van der Waals surface area contributed by atoms with Gasteiger partial charge in [0.25, 0.3) is 5.24 Å². The highest BCUT2D eigenvalue weighted by Crippen LogP contribution is 2.34. The van der Waals surface area contributed by atoms with Gasteiger partial charge in [0, 0.05) is 34.0 Å². The molecule has 0 atom stereocenters. The van der Waals surface area contributed by atoms with Gasteiger partial charge < -0.3 is 0 Å². The first-order chi connectivity index (χ1) is 9.79. The maximum absolute atomic E-state index is 11.9. The molecule has 0 bridgehead atoms. The second-order valence-corrected chi connectivity index (χ2v) is 7.89. The summed E-state index contributed by atoms with van der Waals surface area (Å²) in [5.41, 5.74) is 0.843. The third-order valence-electron chi connectivity index (χ3n) is 2.78. The number of halogens is 1. The highest BCUT2D eigenvalue weighted by Gasteiger charge is 2.19. The lowest BCUT2D eigenvalue weighted by atomic mass is 10.1. The molecule has 0 aliphatic rings. The zero-order valence-corrected chi connectivity index (χ0v) is 13.7. The molecule has 110 valence electrons. The Bertz CT molecular complexity index is 789. The summed E-state index contributed by atoms with van der Waals surface area (Å²) < 4.78 is 23.9. The van der Waals surface area contributed by atoms with Crippen molar-refractivity contribution in [3.8, 4) is 0 Å². The van der Waals surface area contributed by atoms with E-state index in [1.807, 2.05) is 0 Å². The van der Waals surface area contributed by atoms with Gasteiger partial charge in [-0.2, -0.15) is 0 Å². The van der Waals surface area contributed by atoms with Gasteiger partial charge in [-0.25, -0.2) is 8.42 Å². The van der Waals surface area contributed by atoms with Crippen LogP contribution in [0, 0.1) is 6.92 Å². The first kappa shape index (κ1) is 16.0. The number of carbonyl (C=O) groups is 1. The van der Waals surface area contributed by atoms with Crippen LogP contribution in [-0.2, 0) is 9.84 Å². The van der Waals surface area contributed by atoms with Gasteiger partial charge in [-0.1, -0.05) is 11.8 Å². The van der Waals surface area contributed by atoms with Crippen LogP contribution in [0.25, 0.3) is 0 Å². The van der Waals surface area contributed by atoms with Crippen LogP contribution in [-0.4, -0.2) is 24.9 Å². The Morgan fingerprint density at radius 1 is 1.24 bits per heavy atom. The lowest BCUT2D eigenvalue weighted by molar-refractivity contribution is 0.108. The summed E-state index contributed by atoms with van der Waals surface area (Å²) in [5.74, 6) is 0. The minimum atomic E-state index is -3.47. The molecule has 0 saturated carbocycles. The van der Waals surface area contributed by atoms with Gasteiger partial charge in [-0.3, -0.25) is 9.78 Å². The molecule has 0 saturated heterocycles. The Morgan fingerprint density at radius 3 is 2.38 bits per heavy atom. The third-order valence-corrected chi connectivity index (χ3v) is 5.31. The molecule has 1 aromatic heterocycles. The monoisotopic (exact) mass is 341 g/mol. The van der Waals surface area contributed by atoms with Crippen LogP contribution in [0.1, 0.15) is 15.9 Å². The molecular weight excluding hydrogens is 330 g/mol. The number of rotatable bonds is 4. The standard InChI is InChI=1S/C14H12ClNO3S2/c1-9-7-12(20-10-3-5-16-6-4-10)13(21(2,18)19)8-11(9)14(15)17/h3-8H,1-2H3. The van der Waals surface area contributed by atoms with Gasteiger partial charge >= 0.3 is 0 Å². The number of aromatic nitrogens is 1. The van der Waals surface area contributed by atoms with Crippen LogP contribution in [0.5, 0.6) is 0 Å². The Hall–Kier alpha value is -1.37. The van der Waals surface area contributed by atoms with Crippen LogP contribution in [0.2, 0.25) is 0 Å². The molecule has 0 aliphatic heterocycles. The SMILES string of the molecule is Cc1cc(Sc2ccncc2)c(S(C)(=O)=O)cc1C(=O)Cl. The van der Waals surface area contributed by atoms with Crippen molar-refractivity contribution in [2.45, 2.75) is 21.6 Å². The summed E-state index contributed by atoms with van der Waals surface area (Å²) >= 11 is 6.80. The first-order valence-corrected chi connectivity index (χ1v) is 9.00. The summed E-state index contributed by atoms with van der Waals surface area (Å²) in [4.78, 5) is 16.8. The third kappa shape index (κ3) is 3.84. The number of carbonyl (C=O) groups excluding carboxylic acids is 1. The van der Waals surface area contributed by atoms with E-state index < -0.39 is 15.1 Å². The molecule has 21 heavy (non-hydrogen) atoms. The molecule has 1 aromatic carbocycles. The molecule has 7 heteroatoms. The van der Waals surface area contributed by atoms with Crippen LogP contribution in [0.3, 0.4) is 0 Å². The van der Waals surface area contributed by atoms with Gasteiger partial charge in [0.1, 0.15) is 0 Å². The van der Waals surface area contributed by atoms with Crippen LogP contribution < -0.4 is 0 Å². The molecule has 1 heterocycles. The zero-order chi connectivity index (χ0) is 15.6. The number of hydrogen-bond donors (Lipinski definition) is 0. The summed E-state index contributed by atoms with van der Waals surface area (Å²) in [6, 6.07) is 6.57. The van der Waals surface area contributed by atoms with E-state index in [2.05, 4.69) is 4.98 Å². The minimum absolute atomic E-state index is 0.0962. The van der Waals surface area contributed by atoms with Crippen molar-refractivity contribution < 1.29 is 13.2 Å². The van der Waals surface area contributed by atoms with Gasteiger partial charge in [0.15, 0.2) is 9.84 Å². The smallest absolute Gasteiger partial charge is 0.252 e. The van der Waals surface area contributed by atoms with E-state index in [4.69, 9.17) is 11.6 Å². The molecule has 0 N–H and O–H groups in total. The van der Waals surface area contributed by atoms with E-state index in [9.17, 15) is 13.2 Å². The normalized spacial score (nSPS) is 11.4. The summed E-state index contributed by atoms with van der Waals surface area (Å²) in [5, 5.41) is -0.669. The average molecular weight is 342 g/mol. The van der Waals surface area contributed by atoms with E-state index >= 15 is 0 Å². The van der Waals surface area contributed by atoms with Crippen molar-refractivity contribution in [3.05, 3.63) is 47.8 Å². The maximum atomic E-state index is 11.9. The number of benzene rings is 1. The molecular formula is C14H12ClNO3S2. The minimum Gasteiger partial charge on any atom is -0.276 e.